The molecular formula is C17H24N4O2S. The average Bonchev–Trinajstić information content (AvgIpc) is 3.31. The van der Waals surface area contributed by atoms with Gasteiger partial charge in [0.15, 0.2) is 0 Å². The van der Waals surface area contributed by atoms with Crippen LogP contribution < -0.4 is 5.32 Å². The van der Waals surface area contributed by atoms with Gasteiger partial charge in [0.2, 0.25) is 5.91 Å². The summed E-state index contributed by atoms with van der Waals surface area (Å²) in [7, 11) is 0. The van der Waals surface area contributed by atoms with Gasteiger partial charge in [-0.05, 0) is 23.9 Å². The molecule has 1 fully saturated rings. The Morgan fingerprint density at radius 3 is 2.88 bits per heavy atom. The largest absolute Gasteiger partial charge is 0.379 e. The van der Waals surface area contributed by atoms with Crippen molar-refractivity contribution in [2.75, 3.05) is 32.8 Å². The Labute approximate surface area is 146 Å². The summed E-state index contributed by atoms with van der Waals surface area (Å²) < 4.78 is 7.19. The Kier molecular flexibility index (Phi) is 6.01. The van der Waals surface area contributed by atoms with Gasteiger partial charge in [0.25, 0.3) is 0 Å². The minimum Gasteiger partial charge on any atom is -0.379 e. The molecule has 1 aliphatic rings. The van der Waals surface area contributed by atoms with Crippen LogP contribution in [0.1, 0.15) is 30.3 Å². The van der Waals surface area contributed by atoms with Crippen LogP contribution >= 0.6 is 11.3 Å². The molecule has 0 spiro atoms. The van der Waals surface area contributed by atoms with Gasteiger partial charge in [-0.2, -0.15) is 5.10 Å². The molecule has 130 valence electrons. The minimum atomic E-state index is -0.256. The van der Waals surface area contributed by atoms with E-state index in [0.717, 1.165) is 32.7 Å². The molecule has 1 aliphatic heterocycles. The summed E-state index contributed by atoms with van der Waals surface area (Å²) in [6.45, 7) is 5.91. The van der Waals surface area contributed by atoms with Crippen LogP contribution in [0, 0.1) is 0 Å². The highest BCUT2D eigenvalue weighted by Gasteiger charge is 2.25. The van der Waals surface area contributed by atoms with Gasteiger partial charge in [-0.3, -0.25) is 14.4 Å². The van der Waals surface area contributed by atoms with Gasteiger partial charge >= 0.3 is 0 Å². The first-order valence-electron chi connectivity index (χ1n) is 8.41. The van der Waals surface area contributed by atoms with Crippen molar-refractivity contribution >= 4 is 17.2 Å². The zero-order valence-electron chi connectivity index (χ0n) is 13.9. The molecule has 0 aromatic carbocycles. The number of hydrogen-bond acceptors (Lipinski definition) is 5. The quantitative estimate of drug-likeness (QED) is 0.832. The fraction of sp³-hybridized carbons (Fsp3) is 0.529. The maximum atomic E-state index is 12.6. The third kappa shape index (κ3) is 4.03. The molecule has 2 atom stereocenters. The highest BCUT2D eigenvalue weighted by atomic mass is 32.1. The van der Waals surface area contributed by atoms with Gasteiger partial charge in [-0.15, -0.1) is 11.3 Å². The molecule has 2 aromatic heterocycles. The molecule has 3 rings (SSSR count). The Hall–Kier alpha value is -1.70. The van der Waals surface area contributed by atoms with E-state index in [9.17, 15) is 4.79 Å². The van der Waals surface area contributed by atoms with Crippen LogP contribution in [0.25, 0.3) is 0 Å². The minimum absolute atomic E-state index is 0.0241. The van der Waals surface area contributed by atoms with Crippen LogP contribution in [-0.4, -0.2) is 53.4 Å². The van der Waals surface area contributed by atoms with Crippen molar-refractivity contribution in [3.8, 4) is 0 Å². The molecule has 0 aliphatic carbocycles. The third-order valence-electron chi connectivity index (χ3n) is 4.36. The van der Waals surface area contributed by atoms with E-state index >= 15 is 0 Å². The summed E-state index contributed by atoms with van der Waals surface area (Å²) in [5.74, 6) is 0.0241. The summed E-state index contributed by atoms with van der Waals surface area (Å²) in [4.78, 5) is 16.3. The average molecular weight is 348 g/mol. The van der Waals surface area contributed by atoms with Crippen LogP contribution in [0.15, 0.2) is 36.0 Å². The highest BCUT2D eigenvalue weighted by Crippen LogP contribution is 2.25. The Bertz CT molecular complexity index is 609. The summed E-state index contributed by atoms with van der Waals surface area (Å²) in [6, 6.07) is 6.00. The molecular weight excluding hydrogens is 324 g/mol. The predicted octanol–water partition coefficient (Wildman–Crippen LogP) is 2.09. The lowest BCUT2D eigenvalue weighted by atomic mass is 10.1. The summed E-state index contributed by atoms with van der Waals surface area (Å²) in [5, 5.41) is 9.42. The van der Waals surface area contributed by atoms with E-state index in [2.05, 4.69) is 32.8 Å². The lowest BCUT2D eigenvalue weighted by molar-refractivity contribution is -0.125. The van der Waals surface area contributed by atoms with Gasteiger partial charge < -0.3 is 10.1 Å². The number of rotatable bonds is 7. The first-order valence-corrected chi connectivity index (χ1v) is 9.29. The zero-order valence-corrected chi connectivity index (χ0v) is 14.7. The number of amides is 1. The molecule has 0 bridgehead atoms. The number of nitrogens with one attached hydrogen (secondary N) is 1. The van der Waals surface area contributed by atoms with E-state index in [-0.39, 0.29) is 18.0 Å². The first kappa shape index (κ1) is 17.1. The predicted molar refractivity (Wildman–Crippen MR) is 94.0 cm³/mol. The van der Waals surface area contributed by atoms with E-state index in [0.29, 0.717) is 6.54 Å². The SMILES string of the molecule is CCC(C(=O)NCC(c1cccs1)N1CCOCC1)n1cccn1. The van der Waals surface area contributed by atoms with E-state index < -0.39 is 0 Å². The second-order valence-electron chi connectivity index (χ2n) is 5.83. The maximum Gasteiger partial charge on any atom is 0.244 e. The van der Waals surface area contributed by atoms with Gasteiger partial charge in [0.1, 0.15) is 6.04 Å². The molecule has 7 heteroatoms. The normalized spacial score (nSPS) is 18.2. The molecule has 0 radical (unpaired) electrons. The standard InChI is InChI=1S/C17H24N4O2S/c1-2-14(21-7-4-6-19-21)17(22)18-13-15(16-5-3-12-24-16)20-8-10-23-11-9-20/h3-7,12,14-15H,2,8-11,13H2,1H3,(H,18,22). The molecule has 24 heavy (non-hydrogen) atoms. The number of thiophene rings is 1. The van der Waals surface area contributed by atoms with Crippen molar-refractivity contribution in [3.05, 3.63) is 40.8 Å². The lowest BCUT2D eigenvalue weighted by Crippen LogP contribution is -2.44. The Morgan fingerprint density at radius 1 is 1.42 bits per heavy atom. The summed E-state index contributed by atoms with van der Waals surface area (Å²) in [5.41, 5.74) is 0. The van der Waals surface area contributed by atoms with Crippen molar-refractivity contribution in [3.63, 3.8) is 0 Å². The number of carbonyl (C=O) groups is 1. The highest BCUT2D eigenvalue weighted by molar-refractivity contribution is 7.10. The zero-order chi connectivity index (χ0) is 16.8. The summed E-state index contributed by atoms with van der Waals surface area (Å²) in [6.07, 6.45) is 4.26. The summed E-state index contributed by atoms with van der Waals surface area (Å²) >= 11 is 1.74. The first-order chi connectivity index (χ1) is 11.8. The van der Waals surface area contributed by atoms with Gasteiger partial charge in [-0.1, -0.05) is 13.0 Å². The number of nitrogens with zero attached hydrogens (tertiary/aromatic N) is 3. The van der Waals surface area contributed by atoms with Gasteiger partial charge in [-0.25, -0.2) is 0 Å². The number of carbonyl (C=O) groups excluding carboxylic acids is 1. The number of ether oxygens (including phenoxy) is 1. The smallest absolute Gasteiger partial charge is 0.244 e. The second-order valence-corrected chi connectivity index (χ2v) is 6.81. The van der Waals surface area contributed by atoms with E-state index in [1.54, 1.807) is 22.2 Å². The molecule has 0 saturated carbocycles. The van der Waals surface area contributed by atoms with Crippen molar-refractivity contribution in [2.24, 2.45) is 0 Å². The second kappa shape index (κ2) is 8.41. The van der Waals surface area contributed by atoms with Crippen molar-refractivity contribution in [2.45, 2.75) is 25.4 Å². The van der Waals surface area contributed by atoms with Gasteiger partial charge in [0, 0.05) is 36.9 Å². The van der Waals surface area contributed by atoms with E-state index in [1.165, 1.54) is 4.88 Å². The van der Waals surface area contributed by atoms with Crippen LogP contribution in [0.2, 0.25) is 0 Å². The van der Waals surface area contributed by atoms with Crippen molar-refractivity contribution in [1.82, 2.24) is 20.0 Å². The Morgan fingerprint density at radius 2 is 2.25 bits per heavy atom. The van der Waals surface area contributed by atoms with Gasteiger partial charge in [0.05, 0.1) is 19.3 Å². The van der Waals surface area contributed by atoms with E-state index in [1.807, 2.05) is 19.2 Å². The topological polar surface area (TPSA) is 59.4 Å². The van der Waals surface area contributed by atoms with E-state index in [4.69, 9.17) is 4.74 Å². The molecule has 6 nitrogen and oxygen atoms in total. The maximum absolute atomic E-state index is 12.6. The van der Waals surface area contributed by atoms with Crippen molar-refractivity contribution in [1.29, 1.82) is 0 Å². The fourth-order valence-electron chi connectivity index (χ4n) is 3.05. The van der Waals surface area contributed by atoms with Crippen molar-refractivity contribution < 1.29 is 9.53 Å². The fourth-order valence-corrected chi connectivity index (χ4v) is 3.91. The molecule has 1 N–H and O–H groups in total. The number of aromatic nitrogens is 2. The molecule has 2 unspecified atom stereocenters. The third-order valence-corrected chi connectivity index (χ3v) is 5.33. The monoisotopic (exact) mass is 348 g/mol. The molecule has 1 amide bonds. The van der Waals surface area contributed by atoms with Crippen LogP contribution in [0.5, 0.6) is 0 Å². The number of morpholine rings is 1. The molecule has 2 aromatic rings. The van der Waals surface area contributed by atoms with Crippen LogP contribution in [0.4, 0.5) is 0 Å². The molecule has 3 heterocycles. The molecule has 1 saturated heterocycles. The number of hydrogen-bond donors (Lipinski definition) is 1. The Balaban J connectivity index is 1.65. The van der Waals surface area contributed by atoms with Crippen LogP contribution in [0.3, 0.4) is 0 Å². The van der Waals surface area contributed by atoms with Crippen LogP contribution in [-0.2, 0) is 9.53 Å². The lowest BCUT2D eigenvalue weighted by Gasteiger charge is -2.34.